The minimum absolute atomic E-state index is 0.252. The molecule has 0 aliphatic carbocycles. The number of piperidine rings is 1. The Hall–Kier alpha value is -1.77. The third-order valence-corrected chi connectivity index (χ3v) is 7.12. The molecule has 1 saturated heterocycles. The molecule has 0 N–H and O–H groups in total. The van der Waals surface area contributed by atoms with Crippen molar-refractivity contribution in [2.75, 3.05) is 32.9 Å². The largest absolute Gasteiger partial charge is 0.325 e. The van der Waals surface area contributed by atoms with Crippen molar-refractivity contribution in [1.82, 2.24) is 18.8 Å². The maximum Gasteiger partial charge on any atom is 0.211 e. The van der Waals surface area contributed by atoms with Crippen LogP contribution < -0.4 is 0 Å². The van der Waals surface area contributed by atoms with Gasteiger partial charge in [-0.2, -0.15) is 0 Å². The summed E-state index contributed by atoms with van der Waals surface area (Å²) in [6.07, 6.45) is 4.56. The van der Waals surface area contributed by atoms with Gasteiger partial charge in [-0.05, 0) is 49.7 Å². The summed E-state index contributed by atoms with van der Waals surface area (Å²) in [5.41, 5.74) is 1.68. The van der Waals surface area contributed by atoms with E-state index in [1.165, 1.54) is 18.4 Å². The molecule has 2 aliphatic heterocycles. The fourth-order valence-electron chi connectivity index (χ4n) is 4.25. The molecule has 2 aliphatic rings. The van der Waals surface area contributed by atoms with Crippen LogP contribution in [0.25, 0.3) is 11.3 Å². The zero-order chi connectivity index (χ0) is 18.5. The van der Waals surface area contributed by atoms with Crippen molar-refractivity contribution in [3.8, 4) is 11.3 Å². The number of sulfonamides is 1. The monoisotopic (exact) mass is 378 g/mol. The van der Waals surface area contributed by atoms with E-state index in [1.807, 2.05) is 6.20 Å². The van der Waals surface area contributed by atoms with Gasteiger partial charge in [0, 0.05) is 26.2 Å². The van der Waals surface area contributed by atoms with Gasteiger partial charge in [-0.3, -0.25) is 4.90 Å². The van der Waals surface area contributed by atoms with Gasteiger partial charge in [-0.1, -0.05) is 0 Å². The number of aromatic nitrogens is 2. The average molecular weight is 378 g/mol. The highest BCUT2D eigenvalue weighted by Gasteiger charge is 2.46. The van der Waals surface area contributed by atoms with Gasteiger partial charge in [0.15, 0.2) is 0 Å². The molecule has 0 bridgehead atoms. The molecule has 0 radical (unpaired) electrons. The topological polar surface area (TPSA) is 58.4 Å². The molecule has 0 amide bonds. The van der Waals surface area contributed by atoms with E-state index in [0.29, 0.717) is 13.1 Å². The maximum atomic E-state index is 13.3. The highest BCUT2D eigenvalue weighted by atomic mass is 32.2. The van der Waals surface area contributed by atoms with Crippen molar-refractivity contribution in [2.24, 2.45) is 0 Å². The maximum absolute atomic E-state index is 13.3. The summed E-state index contributed by atoms with van der Waals surface area (Å²) in [5.74, 6) is 0.732. The number of nitrogens with zero attached hydrogens (tertiary/aromatic N) is 4. The van der Waals surface area contributed by atoms with E-state index in [4.69, 9.17) is 4.98 Å². The van der Waals surface area contributed by atoms with Crippen molar-refractivity contribution in [3.05, 3.63) is 42.1 Å². The van der Waals surface area contributed by atoms with Crippen LogP contribution in [0.5, 0.6) is 0 Å². The molecular weight excluding hydrogens is 355 g/mol. The second-order valence-electron chi connectivity index (χ2n) is 7.24. The van der Waals surface area contributed by atoms with Crippen molar-refractivity contribution < 1.29 is 12.8 Å². The lowest BCUT2D eigenvalue weighted by Crippen LogP contribution is -2.56. The zero-order valence-electron chi connectivity index (χ0n) is 15.0. The number of hydrogen-bond donors (Lipinski definition) is 0. The Morgan fingerprint density at radius 3 is 2.35 bits per heavy atom. The number of rotatable bonds is 2. The average Bonchev–Trinajstić information content (AvgIpc) is 3.04. The highest BCUT2D eigenvalue weighted by molar-refractivity contribution is 7.88. The Kier molecular flexibility index (Phi) is 4.17. The summed E-state index contributed by atoms with van der Waals surface area (Å²) < 4.78 is 40.7. The van der Waals surface area contributed by atoms with Crippen LogP contribution >= 0.6 is 0 Å². The SMILES string of the molecule is CN1CCn2c(-c3ccc(F)cc3)cnc2C12CCN(S(C)(=O)=O)CC2. The molecule has 1 spiro atoms. The molecular formula is C18H23FN4O2S. The second kappa shape index (κ2) is 6.14. The van der Waals surface area contributed by atoms with Gasteiger partial charge >= 0.3 is 0 Å². The molecule has 4 rings (SSSR count). The first kappa shape index (κ1) is 17.6. The lowest BCUT2D eigenvalue weighted by Gasteiger charge is -2.49. The first-order chi connectivity index (χ1) is 12.3. The minimum Gasteiger partial charge on any atom is -0.325 e. The molecule has 0 unspecified atom stereocenters. The Morgan fingerprint density at radius 1 is 1.08 bits per heavy atom. The summed E-state index contributed by atoms with van der Waals surface area (Å²) in [6, 6.07) is 6.48. The molecule has 140 valence electrons. The van der Waals surface area contributed by atoms with Crippen molar-refractivity contribution in [3.63, 3.8) is 0 Å². The second-order valence-corrected chi connectivity index (χ2v) is 9.22. The lowest BCUT2D eigenvalue weighted by molar-refractivity contribution is 0.0276. The van der Waals surface area contributed by atoms with E-state index in [-0.39, 0.29) is 11.4 Å². The molecule has 8 heteroatoms. The fraction of sp³-hybridized carbons (Fsp3) is 0.500. The molecule has 0 saturated carbocycles. The number of hydrogen-bond acceptors (Lipinski definition) is 4. The number of likely N-dealkylation sites (N-methyl/N-ethyl adjacent to an activating group) is 1. The van der Waals surface area contributed by atoms with Gasteiger partial charge in [0.2, 0.25) is 10.0 Å². The van der Waals surface area contributed by atoms with E-state index in [0.717, 1.165) is 43.0 Å². The highest BCUT2D eigenvalue weighted by Crippen LogP contribution is 2.41. The van der Waals surface area contributed by atoms with Crippen LogP contribution in [0.15, 0.2) is 30.5 Å². The van der Waals surface area contributed by atoms with Gasteiger partial charge in [-0.15, -0.1) is 0 Å². The fourth-order valence-corrected chi connectivity index (χ4v) is 5.10. The van der Waals surface area contributed by atoms with Crippen LogP contribution in [0.2, 0.25) is 0 Å². The van der Waals surface area contributed by atoms with E-state index in [9.17, 15) is 12.8 Å². The summed E-state index contributed by atoms with van der Waals surface area (Å²) in [6.45, 7) is 2.69. The smallest absolute Gasteiger partial charge is 0.211 e. The van der Waals surface area contributed by atoms with Crippen LogP contribution in [0.1, 0.15) is 18.7 Å². The lowest BCUT2D eigenvalue weighted by atomic mass is 9.84. The minimum atomic E-state index is -3.17. The Balaban J connectivity index is 1.71. The number of imidazole rings is 1. The zero-order valence-corrected chi connectivity index (χ0v) is 15.8. The standard InChI is InChI=1S/C18H23FN4O2S/c1-21-11-12-23-16(14-3-5-15(19)6-4-14)13-20-17(23)18(21)7-9-22(10-8-18)26(2,24)25/h3-6,13H,7-12H2,1-2H3. The van der Waals surface area contributed by atoms with Gasteiger partial charge < -0.3 is 4.57 Å². The Morgan fingerprint density at radius 2 is 1.73 bits per heavy atom. The molecule has 3 heterocycles. The van der Waals surface area contributed by atoms with Crippen LogP contribution in [0.3, 0.4) is 0 Å². The number of fused-ring (bicyclic) bond motifs is 2. The van der Waals surface area contributed by atoms with Crippen molar-refractivity contribution in [2.45, 2.75) is 24.9 Å². The number of halogens is 1. The van der Waals surface area contributed by atoms with Crippen molar-refractivity contribution in [1.29, 1.82) is 0 Å². The first-order valence-corrected chi connectivity index (χ1v) is 10.6. The summed E-state index contributed by atoms with van der Waals surface area (Å²) >= 11 is 0. The Bertz CT molecular complexity index is 915. The van der Waals surface area contributed by atoms with Crippen LogP contribution in [0.4, 0.5) is 4.39 Å². The third-order valence-electron chi connectivity index (χ3n) is 5.82. The molecule has 2 aromatic rings. The Labute approximate surface area is 153 Å². The predicted octanol–water partition coefficient (Wildman–Crippen LogP) is 1.89. The quantitative estimate of drug-likeness (QED) is 0.801. The predicted molar refractivity (Wildman–Crippen MR) is 97.6 cm³/mol. The molecule has 1 aromatic heterocycles. The van der Waals surface area contributed by atoms with Gasteiger partial charge in [0.05, 0.1) is 23.7 Å². The van der Waals surface area contributed by atoms with E-state index >= 15 is 0 Å². The van der Waals surface area contributed by atoms with E-state index in [1.54, 1.807) is 16.4 Å². The van der Waals surface area contributed by atoms with E-state index in [2.05, 4.69) is 16.5 Å². The molecule has 1 fully saturated rings. The number of benzene rings is 1. The van der Waals surface area contributed by atoms with Crippen LogP contribution in [-0.2, 0) is 22.1 Å². The summed E-state index contributed by atoms with van der Waals surface area (Å²) in [4.78, 5) is 7.04. The van der Waals surface area contributed by atoms with E-state index < -0.39 is 10.0 Å². The van der Waals surface area contributed by atoms with Gasteiger partial charge in [0.1, 0.15) is 11.6 Å². The third kappa shape index (κ3) is 2.76. The summed E-state index contributed by atoms with van der Waals surface area (Å²) in [7, 11) is -1.08. The molecule has 26 heavy (non-hydrogen) atoms. The van der Waals surface area contributed by atoms with Gasteiger partial charge in [-0.25, -0.2) is 22.1 Å². The summed E-state index contributed by atoms with van der Waals surface area (Å²) in [5, 5.41) is 0. The van der Waals surface area contributed by atoms with Crippen molar-refractivity contribution >= 4 is 10.0 Å². The molecule has 0 atom stereocenters. The van der Waals surface area contributed by atoms with Crippen LogP contribution in [0, 0.1) is 5.82 Å². The molecule has 6 nitrogen and oxygen atoms in total. The molecule has 1 aromatic carbocycles. The van der Waals surface area contributed by atoms with Gasteiger partial charge in [0.25, 0.3) is 0 Å². The first-order valence-electron chi connectivity index (χ1n) is 8.80. The van der Waals surface area contributed by atoms with Crippen LogP contribution in [-0.4, -0.2) is 60.1 Å². The normalized spacial score (nSPS) is 21.0.